The van der Waals surface area contributed by atoms with E-state index in [0.717, 1.165) is 15.7 Å². The fourth-order valence-electron chi connectivity index (χ4n) is 7.54. The number of hydrogen-bond acceptors (Lipinski definition) is 7. The second-order valence-corrected chi connectivity index (χ2v) is 15.7. The van der Waals surface area contributed by atoms with Gasteiger partial charge >= 0.3 is 12.4 Å². The predicted molar refractivity (Wildman–Crippen MR) is 210 cm³/mol. The molecule has 2 saturated heterocycles. The number of carbonyl (C=O) groups excluding carboxylic acids is 2. The Bertz CT molecular complexity index is 2450. The standard InChI is InChI=1S/C21H18ClF3N4O2.C20H14ClF5N4O/c1-12-16(13-3-5-14(22)6-4-13)17(19(30)28-10-20(2,31)11-28)29(18(12)21(23,24)25)15-9-26-7-8-27-15;1-11-15(12-2-4-13(21)5-3-12)16(18(31)29-9-19(22,23)10-29)30(17(11)20(24,25)26)14-8-27-6-7-28-14/h3-9,31H,10-11H2,1-2H3;2-8H,9-10H2,1H3. The van der Waals surface area contributed by atoms with E-state index in [1.165, 1.54) is 74.0 Å². The Morgan fingerprint density at radius 1 is 0.629 bits per heavy atom. The van der Waals surface area contributed by atoms with Gasteiger partial charge in [-0.15, -0.1) is 0 Å². The minimum absolute atomic E-state index is 0.0118. The quantitative estimate of drug-likeness (QED) is 0.166. The molecule has 2 aliphatic rings. The minimum Gasteiger partial charge on any atom is -0.386 e. The molecule has 0 aliphatic carbocycles. The van der Waals surface area contributed by atoms with Crippen LogP contribution in [0, 0.1) is 13.8 Å². The van der Waals surface area contributed by atoms with Crippen LogP contribution in [0.5, 0.6) is 0 Å². The molecule has 2 aliphatic heterocycles. The fraction of sp³-hybridized carbons (Fsp3) is 0.268. The third kappa shape index (κ3) is 8.48. The Morgan fingerprint density at radius 3 is 1.27 bits per heavy atom. The van der Waals surface area contributed by atoms with Crippen LogP contribution in [0.2, 0.25) is 10.0 Å². The van der Waals surface area contributed by atoms with E-state index in [4.69, 9.17) is 23.2 Å². The van der Waals surface area contributed by atoms with Gasteiger partial charge in [-0.3, -0.25) is 28.7 Å². The third-order valence-corrected chi connectivity index (χ3v) is 10.6. The van der Waals surface area contributed by atoms with Gasteiger partial charge in [0.15, 0.2) is 11.6 Å². The van der Waals surface area contributed by atoms with Crippen LogP contribution in [0.4, 0.5) is 35.1 Å². The van der Waals surface area contributed by atoms with Crippen molar-refractivity contribution in [3.05, 3.63) is 130 Å². The molecule has 8 rings (SSSR count). The highest BCUT2D eigenvalue weighted by molar-refractivity contribution is 6.31. The van der Waals surface area contributed by atoms with Crippen LogP contribution in [-0.4, -0.2) is 93.5 Å². The van der Waals surface area contributed by atoms with Gasteiger partial charge in [0.05, 0.1) is 44.2 Å². The van der Waals surface area contributed by atoms with Crippen molar-refractivity contribution in [1.82, 2.24) is 38.9 Å². The van der Waals surface area contributed by atoms with E-state index in [1.807, 2.05) is 0 Å². The molecule has 62 heavy (non-hydrogen) atoms. The summed E-state index contributed by atoms with van der Waals surface area (Å²) in [4.78, 5) is 44.3. The largest absolute Gasteiger partial charge is 0.432 e. The molecule has 6 aromatic rings. The Kier molecular flexibility index (Phi) is 11.5. The summed E-state index contributed by atoms with van der Waals surface area (Å²) in [7, 11) is 0. The molecule has 324 valence electrons. The van der Waals surface area contributed by atoms with Gasteiger partial charge in [-0.1, -0.05) is 47.5 Å². The number of halogens is 10. The zero-order valence-electron chi connectivity index (χ0n) is 32.5. The second kappa shape index (κ2) is 16.1. The molecule has 21 heteroatoms. The maximum atomic E-state index is 14.2. The van der Waals surface area contributed by atoms with Crippen LogP contribution in [0.3, 0.4) is 0 Å². The number of hydrogen-bond donors (Lipinski definition) is 1. The average Bonchev–Trinajstić information content (AvgIpc) is 3.68. The number of aromatic nitrogens is 6. The highest BCUT2D eigenvalue weighted by Crippen LogP contribution is 2.45. The van der Waals surface area contributed by atoms with Gasteiger partial charge in [0.2, 0.25) is 0 Å². The van der Waals surface area contributed by atoms with E-state index in [2.05, 4.69) is 19.9 Å². The summed E-state index contributed by atoms with van der Waals surface area (Å²) in [5.74, 6) is -5.06. The summed E-state index contributed by atoms with van der Waals surface area (Å²) in [5, 5.41) is 10.8. The highest BCUT2D eigenvalue weighted by Gasteiger charge is 2.50. The first-order valence-electron chi connectivity index (χ1n) is 18.4. The van der Waals surface area contributed by atoms with E-state index in [0.29, 0.717) is 20.2 Å². The predicted octanol–water partition coefficient (Wildman–Crippen LogP) is 9.13. The lowest BCUT2D eigenvalue weighted by atomic mass is 9.95. The lowest BCUT2D eigenvalue weighted by Gasteiger charge is -2.44. The van der Waals surface area contributed by atoms with Crippen LogP contribution in [0.1, 0.15) is 50.4 Å². The van der Waals surface area contributed by atoms with E-state index < -0.39 is 65.9 Å². The van der Waals surface area contributed by atoms with Crippen molar-refractivity contribution in [2.45, 2.75) is 44.6 Å². The molecular weight excluding hydrogens is 875 g/mol. The molecule has 2 fully saturated rings. The SMILES string of the molecule is Cc1c(-c2ccc(Cl)cc2)c(C(=O)N2CC(C)(O)C2)n(-c2cnccn2)c1C(F)(F)F.Cc1c(-c2ccc(Cl)cc2)c(C(=O)N2CC(F)(F)C2)n(-c2cnccn2)c1C(F)(F)F. The summed E-state index contributed by atoms with van der Waals surface area (Å²) in [6, 6.07) is 12.1. The van der Waals surface area contributed by atoms with E-state index >= 15 is 0 Å². The lowest BCUT2D eigenvalue weighted by Crippen LogP contribution is -2.62. The smallest absolute Gasteiger partial charge is 0.386 e. The van der Waals surface area contributed by atoms with Crippen molar-refractivity contribution >= 4 is 35.0 Å². The summed E-state index contributed by atoms with van der Waals surface area (Å²) in [6.07, 6.45) is -2.34. The summed E-state index contributed by atoms with van der Waals surface area (Å²) < 4.78 is 113. The number of amides is 2. The number of benzene rings is 2. The first kappa shape index (κ1) is 44.1. The summed E-state index contributed by atoms with van der Waals surface area (Å²) in [5.41, 5.74) is -3.39. The molecule has 6 heterocycles. The molecule has 2 amide bonds. The van der Waals surface area contributed by atoms with Crippen molar-refractivity contribution in [3.8, 4) is 33.9 Å². The van der Waals surface area contributed by atoms with Gasteiger partial charge in [-0.05, 0) is 67.3 Å². The number of nitrogens with zero attached hydrogens (tertiary/aromatic N) is 8. The van der Waals surface area contributed by atoms with Gasteiger partial charge in [-0.2, -0.15) is 26.3 Å². The monoisotopic (exact) mass is 906 g/mol. The topological polar surface area (TPSA) is 122 Å². The van der Waals surface area contributed by atoms with Gasteiger partial charge < -0.3 is 14.9 Å². The van der Waals surface area contributed by atoms with Crippen molar-refractivity contribution in [2.75, 3.05) is 26.2 Å². The zero-order valence-corrected chi connectivity index (χ0v) is 34.0. The Labute approximate surface area is 357 Å². The van der Waals surface area contributed by atoms with Gasteiger partial charge in [0.1, 0.15) is 22.8 Å². The minimum atomic E-state index is -4.86. The molecule has 0 atom stereocenters. The molecule has 0 unspecified atom stereocenters. The first-order chi connectivity index (χ1) is 29.0. The molecule has 11 nitrogen and oxygen atoms in total. The van der Waals surface area contributed by atoms with Crippen molar-refractivity contribution in [3.63, 3.8) is 0 Å². The number of rotatable bonds is 6. The molecule has 2 aromatic carbocycles. The van der Waals surface area contributed by atoms with Crippen molar-refractivity contribution in [1.29, 1.82) is 0 Å². The summed E-state index contributed by atoms with van der Waals surface area (Å²) in [6.45, 7) is 2.38. The molecule has 0 saturated carbocycles. The lowest BCUT2D eigenvalue weighted by molar-refractivity contribution is -0.143. The normalized spacial score (nSPS) is 15.6. The first-order valence-corrected chi connectivity index (χ1v) is 19.1. The molecular formula is C41H32Cl2F8N8O3. The molecule has 4 aromatic heterocycles. The molecule has 0 bridgehead atoms. The fourth-order valence-corrected chi connectivity index (χ4v) is 7.80. The summed E-state index contributed by atoms with van der Waals surface area (Å²) >= 11 is 11.9. The Hall–Kier alpha value is -5.92. The Morgan fingerprint density at radius 2 is 0.984 bits per heavy atom. The second-order valence-electron chi connectivity index (χ2n) is 14.9. The number of β-amino-alcohol motifs (C(OH)–C–C–N with tert-alkyl or cyclic N) is 1. The number of alkyl halides is 8. The van der Waals surface area contributed by atoms with Crippen molar-refractivity contribution in [2.24, 2.45) is 0 Å². The van der Waals surface area contributed by atoms with E-state index in [9.17, 15) is 49.8 Å². The van der Waals surface area contributed by atoms with E-state index in [-0.39, 0.29) is 58.2 Å². The zero-order chi connectivity index (χ0) is 45.1. The number of aliphatic hydroxyl groups is 1. The maximum Gasteiger partial charge on any atom is 0.432 e. The van der Waals surface area contributed by atoms with Crippen LogP contribution >= 0.6 is 23.2 Å². The Balaban J connectivity index is 0.000000186. The van der Waals surface area contributed by atoms with Crippen molar-refractivity contribution < 1.29 is 49.8 Å². The van der Waals surface area contributed by atoms with Crippen LogP contribution in [0.25, 0.3) is 33.9 Å². The number of likely N-dealkylation sites (tertiary alicyclic amines) is 2. The van der Waals surface area contributed by atoms with Crippen LogP contribution in [0.15, 0.2) is 85.7 Å². The van der Waals surface area contributed by atoms with Gasteiger partial charge in [-0.25, -0.2) is 18.7 Å². The van der Waals surface area contributed by atoms with Crippen LogP contribution < -0.4 is 0 Å². The van der Waals surface area contributed by atoms with Gasteiger partial charge in [0.25, 0.3) is 17.7 Å². The third-order valence-electron chi connectivity index (χ3n) is 10.1. The van der Waals surface area contributed by atoms with E-state index in [1.54, 1.807) is 31.2 Å². The maximum absolute atomic E-state index is 14.2. The van der Waals surface area contributed by atoms with Crippen LogP contribution in [-0.2, 0) is 12.4 Å². The molecule has 1 N–H and O–H groups in total. The molecule has 0 spiro atoms. The highest BCUT2D eigenvalue weighted by atomic mass is 35.5. The van der Waals surface area contributed by atoms with Gasteiger partial charge in [0, 0.05) is 46.0 Å². The average molecular weight is 908 g/mol. The number of carbonyl (C=O) groups is 2. The molecule has 0 radical (unpaired) electrons.